The molecule has 0 fully saturated rings. The Labute approximate surface area is 104 Å². The summed E-state index contributed by atoms with van der Waals surface area (Å²) in [7, 11) is 0. The van der Waals surface area contributed by atoms with Crippen molar-refractivity contribution >= 4 is 0 Å². The second-order valence-electron chi connectivity index (χ2n) is 4.16. The van der Waals surface area contributed by atoms with E-state index in [0.29, 0.717) is 6.42 Å². The molecule has 4 N–H and O–H groups in total. The SMILES string of the molecule is CC.Cc1ccc(CCC(N)(CO)CO)cc1. The highest BCUT2D eigenvalue weighted by Gasteiger charge is 2.22. The molecule has 1 aromatic carbocycles. The maximum Gasteiger partial charge on any atom is 0.0633 e. The summed E-state index contributed by atoms with van der Waals surface area (Å²) in [5, 5.41) is 18.0. The number of hydrogen-bond acceptors (Lipinski definition) is 3. The molecule has 3 nitrogen and oxygen atoms in total. The van der Waals surface area contributed by atoms with Gasteiger partial charge in [-0.05, 0) is 25.3 Å². The third-order valence-electron chi connectivity index (χ3n) is 2.66. The van der Waals surface area contributed by atoms with Crippen LogP contribution in [0.15, 0.2) is 24.3 Å². The average Bonchev–Trinajstić information content (AvgIpc) is 2.40. The molecule has 0 aliphatic carbocycles. The van der Waals surface area contributed by atoms with Crippen molar-refractivity contribution in [3.8, 4) is 0 Å². The lowest BCUT2D eigenvalue weighted by molar-refractivity contribution is 0.115. The van der Waals surface area contributed by atoms with Gasteiger partial charge in [-0.25, -0.2) is 0 Å². The summed E-state index contributed by atoms with van der Waals surface area (Å²) < 4.78 is 0. The van der Waals surface area contributed by atoms with Crippen LogP contribution in [0.1, 0.15) is 31.4 Å². The lowest BCUT2D eigenvalue weighted by Crippen LogP contribution is -2.47. The van der Waals surface area contributed by atoms with Crippen molar-refractivity contribution in [1.82, 2.24) is 0 Å². The molecular weight excluding hydrogens is 214 g/mol. The van der Waals surface area contributed by atoms with Gasteiger partial charge in [0.05, 0.1) is 18.8 Å². The van der Waals surface area contributed by atoms with Crippen LogP contribution in [-0.4, -0.2) is 29.0 Å². The minimum Gasteiger partial charge on any atom is -0.394 e. The van der Waals surface area contributed by atoms with Crippen LogP contribution < -0.4 is 5.73 Å². The Morgan fingerprint density at radius 3 is 1.94 bits per heavy atom. The van der Waals surface area contributed by atoms with E-state index < -0.39 is 5.54 Å². The first-order valence-corrected chi connectivity index (χ1v) is 6.16. The van der Waals surface area contributed by atoms with Gasteiger partial charge in [0.25, 0.3) is 0 Å². The number of hydrogen-bond donors (Lipinski definition) is 3. The monoisotopic (exact) mass is 239 g/mol. The van der Waals surface area contributed by atoms with Gasteiger partial charge in [-0.15, -0.1) is 0 Å². The van der Waals surface area contributed by atoms with Crippen molar-refractivity contribution in [2.75, 3.05) is 13.2 Å². The maximum atomic E-state index is 9.02. The third-order valence-corrected chi connectivity index (χ3v) is 2.66. The molecule has 0 aliphatic heterocycles. The minimum atomic E-state index is -0.856. The summed E-state index contributed by atoms with van der Waals surface area (Å²) in [4.78, 5) is 0. The van der Waals surface area contributed by atoms with Gasteiger partial charge in [0.15, 0.2) is 0 Å². The molecule has 98 valence electrons. The molecule has 17 heavy (non-hydrogen) atoms. The summed E-state index contributed by atoms with van der Waals surface area (Å²) in [5.74, 6) is 0. The molecule has 0 bridgehead atoms. The van der Waals surface area contributed by atoms with E-state index >= 15 is 0 Å². The maximum absolute atomic E-state index is 9.02. The molecule has 0 spiro atoms. The molecule has 3 heteroatoms. The lowest BCUT2D eigenvalue weighted by Gasteiger charge is -2.24. The van der Waals surface area contributed by atoms with E-state index in [4.69, 9.17) is 15.9 Å². The largest absolute Gasteiger partial charge is 0.394 e. The highest BCUT2D eigenvalue weighted by Crippen LogP contribution is 2.12. The van der Waals surface area contributed by atoms with E-state index in [0.717, 1.165) is 6.42 Å². The first-order chi connectivity index (χ1) is 8.09. The van der Waals surface area contributed by atoms with Crippen LogP contribution in [0.25, 0.3) is 0 Å². The molecular formula is C14H25NO2. The Balaban J connectivity index is 0.00000121. The van der Waals surface area contributed by atoms with E-state index in [1.165, 1.54) is 11.1 Å². The molecule has 1 rings (SSSR count). The predicted octanol–water partition coefficient (Wildman–Crippen LogP) is 1.64. The van der Waals surface area contributed by atoms with E-state index in [1.54, 1.807) is 0 Å². The molecule has 0 aliphatic rings. The summed E-state index contributed by atoms with van der Waals surface area (Å²) in [5.41, 5.74) is 7.32. The quantitative estimate of drug-likeness (QED) is 0.731. The Morgan fingerprint density at radius 1 is 1.06 bits per heavy atom. The van der Waals surface area contributed by atoms with Gasteiger partial charge >= 0.3 is 0 Å². The molecule has 0 radical (unpaired) electrons. The van der Waals surface area contributed by atoms with Crippen molar-refractivity contribution in [2.24, 2.45) is 5.73 Å². The highest BCUT2D eigenvalue weighted by molar-refractivity contribution is 5.21. The number of nitrogens with two attached hydrogens (primary N) is 1. The molecule has 0 unspecified atom stereocenters. The normalized spacial score (nSPS) is 10.7. The topological polar surface area (TPSA) is 66.5 Å². The second kappa shape index (κ2) is 8.23. The molecule has 0 saturated carbocycles. The summed E-state index contributed by atoms with van der Waals surface area (Å²) >= 11 is 0. The van der Waals surface area contributed by atoms with Crippen LogP contribution in [0.2, 0.25) is 0 Å². The van der Waals surface area contributed by atoms with Crippen molar-refractivity contribution in [1.29, 1.82) is 0 Å². The number of aliphatic hydroxyl groups is 2. The van der Waals surface area contributed by atoms with E-state index in [1.807, 2.05) is 45.0 Å². The number of aliphatic hydroxyl groups excluding tert-OH is 2. The second-order valence-corrected chi connectivity index (χ2v) is 4.16. The van der Waals surface area contributed by atoms with Crippen LogP contribution in [-0.2, 0) is 6.42 Å². The molecule has 0 atom stereocenters. The van der Waals surface area contributed by atoms with Gasteiger partial charge in [-0.3, -0.25) is 0 Å². The molecule has 0 amide bonds. The number of rotatable bonds is 5. The summed E-state index contributed by atoms with van der Waals surface area (Å²) in [6, 6.07) is 8.19. The summed E-state index contributed by atoms with van der Waals surface area (Å²) in [6.45, 7) is 5.67. The molecule has 0 heterocycles. The van der Waals surface area contributed by atoms with Gasteiger partial charge in [0.1, 0.15) is 0 Å². The van der Waals surface area contributed by atoms with Crippen LogP contribution in [0.4, 0.5) is 0 Å². The van der Waals surface area contributed by atoms with Crippen LogP contribution in [0.3, 0.4) is 0 Å². The smallest absolute Gasteiger partial charge is 0.0633 e. The lowest BCUT2D eigenvalue weighted by atomic mass is 9.94. The number of aryl methyl sites for hydroxylation is 2. The van der Waals surface area contributed by atoms with Crippen molar-refractivity contribution in [3.05, 3.63) is 35.4 Å². The van der Waals surface area contributed by atoms with Crippen LogP contribution in [0, 0.1) is 6.92 Å². The molecule has 1 aromatic rings. The van der Waals surface area contributed by atoms with E-state index in [9.17, 15) is 0 Å². The van der Waals surface area contributed by atoms with Gasteiger partial charge in [-0.1, -0.05) is 43.7 Å². The van der Waals surface area contributed by atoms with Crippen molar-refractivity contribution < 1.29 is 10.2 Å². The fourth-order valence-electron chi connectivity index (χ4n) is 1.36. The zero-order valence-corrected chi connectivity index (χ0v) is 11.1. The average molecular weight is 239 g/mol. The first-order valence-electron chi connectivity index (χ1n) is 6.16. The van der Waals surface area contributed by atoms with Crippen LogP contribution in [0.5, 0.6) is 0 Å². The fourth-order valence-corrected chi connectivity index (χ4v) is 1.36. The Kier molecular flexibility index (Phi) is 7.79. The van der Waals surface area contributed by atoms with E-state index in [-0.39, 0.29) is 13.2 Å². The third kappa shape index (κ3) is 5.82. The van der Waals surface area contributed by atoms with Gasteiger partial charge in [-0.2, -0.15) is 0 Å². The Bertz CT molecular complexity index is 292. The standard InChI is InChI=1S/C12H19NO2.C2H6/c1-10-2-4-11(5-3-10)6-7-12(13,8-14)9-15;1-2/h2-5,14-15H,6-9,13H2,1H3;1-2H3. The molecule has 0 aromatic heterocycles. The van der Waals surface area contributed by atoms with Gasteiger partial charge < -0.3 is 15.9 Å². The van der Waals surface area contributed by atoms with Crippen molar-refractivity contribution in [2.45, 2.75) is 39.2 Å². The minimum absolute atomic E-state index is 0.185. The Hall–Kier alpha value is -0.900. The number of benzene rings is 1. The van der Waals surface area contributed by atoms with Gasteiger partial charge in [0, 0.05) is 0 Å². The highest BCUT2D eigenvalue weighted by atomic mass is 16.3. The van der Waals surface area contributed by atoms with Crippen molar-refractivity contribution in [3.63, 3.8) is 0 Å². The van der Waals surface area contributed by atoms with Gasteiger partial charge in [0.2, 0.25) is 0 Å². The zero-order chi connectivity index (χ0) is 13.3. The Morgan fingerprint density at radius 2 is 1.53 bits per heavy atom. The summed E-state index contributed by atoms with van der Waals surface area (Å²) in [6.07, 6.45) is 1.36. The fraction of sp³-hybridized carbons (Fsp3) is 0.571. The first kappa shape index (κ1) is 16.1. The zero-order valence-electron chi connectivity index (χ0n) is 11.1. The predicted molar refractivity (Wildman–Crippen MR) is 71.9 cm³/mol. The van der Waals surface area contributed by atoms with Crippen LogP contribution >= 0.6 is 0 Å². The van der Waals surface area contributed by atoms with E-state index in [2.05, 4.69) is 0 Å². The molecule has 0 saturated heterocycles.